The van der Waals surface area contributed by atoms with E-state index in [-0.39, 0.29) is 11.3 Å². The van der Waals surface area contributed by atoms with E-state index in [0.717, 1.165) is 25.4 Å². The largest absolute Gasteiger partial charge is 0.311 e. The Morgan fingerprint density at radius 3 is 2.38 bits per heavy atom. The predicted octanol–water partition coefficient (Wildman–Crippen LogP) is 2.05. The second kappa shape index (κ2) is 5.82. The summed E-state index contributed by atoms with van der Waals surface area (Å²) in [6.07, 6.45) is 3.68. The highest BCUT2D eigenvalue weighted by molar-refractivity contribution is 7.92. The lowest BCUT2D eigenvalue weighted by Crippen LogP contribution is -2.65. The molecule has 2 atom stereocenters. The fraction of sp³-hybridized carbons (Fsp3) is 1.00. The highest BCUT2D eigenvalue weighted by Crippen LogP contribution is 2.44. The Morgan fingerprint density at radius 1 is 1.29 bits per heavy atom. The maximum Gasteiger partial charge on any atom is 0.156 e. The van der Waals surface area contributed by atoms with E-state index in [4.69, 9.17) is 0 Å². The molecule has 1 saturated carbocycles. The summed E-state index contributed by atoms with van der Waals surface area (Å²) in [5.41, 5.74) is 0.138. The second-order valence-electron chi connectivity index (χ2n) is 7.99. The molecule has 1 aliphatic carbocycles. The van der Waals surface area contributed by atoms with Gasteiger partial charge in [0.15, 0.2) is 9.84 Å². The Kier molecular flexibility index (Phi) is 4.77. The third-order valence-electron chi connectivity index (χ3n) is 5.42. The van der Waals surface area contributed by atoms with E-state index in [1.165, 1.54) is 12.8 Å². The van der Waals surface area contributed by atoms with Gasteiger partial charge < -0.3 is 5.32 Å². The molecule has 0 aromatic carbocycles. The molecule has 1 heterocycles. The van der Waals surface area contributed by atoms with E-state index in [1.807, 2.05) is 0 Å². The van der Waals surface area contributed by atoms with Crippen molar-refractivity contribution in [1.29, 1.82) is 0 Å². The number of piperazine rings is 1. The van der Waals surface area contributed by atoms with Gasteiger partial charge in [0.25, 0.3) is 0 Å². The van der Waals surface area contributed by atoms with Crippen LogP contribution in [0.4, 0.5) is 0 Å². The van der Waals surface area contributed by atoms with Crippen LogP contribution in [-0.2, 0) is 9.84 Å². The van der Waals surface area contributed by atoms with Crippen molar-refractivity contribution in [2.24, 2.45) is 5.92 Å². The van der Waals surface area contributed by atoms with Crippen LogP contribution in [0.3, 0.4) is 0 Å². The van der Waals surface area contributed by atoms with Crippen molar-refractivity contribution in [3.8, 4) is 0 Å². The fourth-order valence-corrected chi connectivity index (χ4v) is 4.34. The van der Waals surface area contributed by atoms with Gasteiger partial charge in [0.1, 0.15) is 0 Å². The molecule has 21 heavy (non-hydrogen) atoms. The number of nitrogens with one attached hydrogen (secondary N) is 1. The summed E-state index contributed by atoms with van der Waals surface area (Å²) in [6.45, 7) is 12.5. The molecule has 0 bridgehead atoms. The van der Waals surface area contributed by atoms with E-state index >= 15 is 0 Å². The molecule has 4 nitrogen and oxygen atoms in total. The van der Waals surface area contributed by atoms with E-state index < -0.39 is 14.6 Å². The van der Waals surface area contributed by atoms with Crippen molar-refractivity contribution in [2.75, 3.05) is 25.4 Å². The fourth-order valence-electron chi connectivity index (χ4n) is 3.27. The molecule has 1 aliphatic heterocycles. The Hall–Kier alpha value is -0.130. The van der Waals surface area contributed by atoms with Gasteiger partial charge >= 0.3 is 0 Å². The molecular formula is C16H32N2O2S. The number of sulfone groups is 1. The Balaban J connectivity index is 2.07. The Morgan fingerprint density at radius 2 is 1.90 bits per heavy atom. The summed E-state index contributed by atoms with van der Waals surface area (Å²) < 4.78 is 24.1. The van der Waals surface area contributed by atoms with Crippen LogP contribution < -0.4 is 5.32 Å². The van der Waals surface area contributed by atoms with Crippen LogP contribution in [0.25, 0.3) is 0 Å². The van der Waals surface area contributed by atoms with Gasteiger partial charge in [0, 0.05) is 31.2 Å². The molecule has 0 spiro atoms. The predicted molar refractivity (Wildman–Crippen MR) is 88.3 cm³/mol. The molecule has 0 aromatic heterocycles. The van der Waals surface area contributed by atoms with Gasteiger partial charge in [0.05, 0.1) is 10.5 Å². The van der Waals surface area contributed by atoms with Crippen LogP contribution in [0.5, 0.6) is 0 Å². The summed E-state index contributed by atoms with van der Waals surface area (Å²) in [7, 11) is -3.04. The van der Waals surface area contributed by atoms with E-state index in [9.17, 15) is 8.42 Å². The van der Waals surface area contributed by atoms with Crippen LogP contribution >= 0.6 is 0 Å². The molecule has 5 heteroatoms. The summed E-state index contributed by atoms with van der Waals surface area (Å²) >= 11 is 0. The van der Waals surface area contributed by atoms with Gasteiger partial charge in [0.2, 0.25) is 0 Å². The van der Waals surface area contributed by atoms with Crippen LogP contribution in [0.1, 0.15) is 53.9 Å². The standard InChI is InChI=1S/C16H32N2O2S/c1-6-14-11-18(9-10-21(19,20)15(2,3)4)16(5,12-17-14)13-7-8-13/h13-14,17H,6-12H2,1-5H3. The lowest BCUT2D eigenvalue weighted by Gasteiger charge is -2.49. The first-order chi connectivity index (χ1) is 9.60. The molecule has 0 radical (unpaired) electrons. The molecule has 2 aliphatic rings. The minimum atomic E-state index is -3.04. The monoisotopic (exact) mass is 316 g/mol. The lowest BCUT2D eigenvalue weighted by molar-refractivity contribution is 0.0397. The van der Waals surface area contributed by atoms with E-state index in [1.54, 1.807) is 20.8 Å². The Labute approximate surface area is 130 Å². The highest BCUT2D eigenvalue weighted by Gasteiger charge is 2.48. The van der Waals surface area contributed by atoms with Gasteiger partial charge in [-0.2, -0.15) is 0 Å². The SMILES string of the molecule is CCC1CN(CCS(=O)(=O)C(C)(C)C)C(C)(C2CC2)CN1. The zero-order valence-electron chi connectivity index (χ0n) is 14.3. The van der Waals surface area contributed by atoms with E-state index in [2.05, 4.69) is 24.1 Å². The summed E-state index contributed by atoms with van der Waals surface area (Å²) in [6, 6.07) is 0.495. The zero-order valence-corrected chi connectivity index (χ0v) is 15.1. The molecule has 0 aromatic rings. The highest BCUT2D eigenvalue weighted by atomic mass is 32.2. The molecule has 2 unspecified atom stereocenters. The molecule has 124 valence electrons. The maximum absolute atomic E-state index is 12.4. The van der Waals surface area contributed by atoms with Crippen molar-refractivity contribution >= 4 is 9.84 Å². The summed E-state index contributed by atoms with van der Waals surface area (Å²) in [4.78, 5) is 2.46. The van der Waals surface area contributed by atoms with Gasteiger partial charge in [-0.15, -0.1) is 0 Å². The number of hydrogen-bond acceptors (Lipinski definition) is 4. The van der Waals surface area contributed by atoms with Gasteiger partial charge in [-0.1, -0.05) is 6.92 Å². The molecule has 2 rings (SSSR count). The average Bonchev–Trinajstić information content (AvgIpc) is 3.21. The number of hydrogen-bond donors (Lipinski definition) is 1. The zero-order chi connectivity index (χ0) is 15.9. The van der Waals surface area contributed by atoms with Gasteiger partial charge in [-0.25, -0.2) is 8.42 Å². The summed E-state index contributed by atoms with van der Waals surface area (Å²) in [5, 5.41) is 3.65. The Bertz CT molecular complexity index is 465. The molecule has 2 fully saturated rings. The third-order valence-corrected chi connectivity index (χ3v) is 8.01. The van der Waals surface area contributed by atoms with Crippen molar-refractivity contribution < 1.29 is 8.42 Å². The van der Waals surface area contributed by atoms with E-state index in [0.29, 0.717) is 12.6 Å². The smallest absolute Gasteiger partial charge is 0.156 e. The molecular weight excluding hydrogens is 284 g/mol. The van der Waals surface area contributed by atoms with Crippen LogP contribution in [0.15, 0.2) is 0 Å². The number of nitrogens with zero attached hydrogens (tertiary/aromatic N) is 1. The van der Waals surface area contributed by atoms with Crippen LogP contribution in [0.2, 0.25) is 0 Å². The van der Waals surface area contributed by atoms with Crippen molar-refractivity contribution in [2.45, 2.75) is 70.2 Å². The van der Waals surface area contributed by atoms with Crippen molar-refractivity contribution in [3.05, 3.63) is 0 Å². The first-order valence-electron chi connectivity index (χ1n) is 8.31. The minimum Gasteiger partial charge on any atom is -0.311 e. The maximum atomic E-state index is 12.4. The normalized spacial score (nSPS) is 32.3. The summed E-state index contributed by atoms with van der Waals surface area (Å²) in [5.74, 6) is 1.01. The number of rotatable bonds is 5. The van der Waals surface area contributed by atoms with Crippen LogP contribution in [0, 0.1) is 5.92 Å². The van der Waals surface area contributed by atoms with Crippen molar-refractivity contribution in [3.63, 3.8) is 0 Å². The van der Waals surface area contributed by atoms with Crippen LogP contribution in [-0.4, -0.2) is 55.0 Å². The average molecular weight is 317 g/mol. The van der Waals surface area contributed by atoms with Gasteiger partial charge in [-0.05, 0) is 52.9 Å². The second-order valence-corrected chi connectivity index (χ2v) is 10.9. The third kappa shape index (κ3) is 3.62. The van der Waals surface area contributed by atoms with Crippen molar-refractivity contribution in [1.82, 2.24) is 10.2 Å². The molecule has 0 amide bonds. The first-order valence-corrected chi connectivity index (χ1v) is 9.96. The molecule has 1 saturated heterocycles. The topological polar surface area (TPSA) is 49.4 Å². The van der Waals surface area contributed by atoms with Gasteiger partial charge in [-0.3, -0.25) is 4.90 Å². The minimum absolute atomic E-state index is 0.138. The lowest BCUT2D eigenvalue weighted by atomic mass is 9.89. The first kappa shape index (κ1) is 17.2. The molecule has 1 N–H and O–H groups in total. The quantitative estimate of drug-likeness (QED) is 0.843.